The van der Waals surface area contributed by atoms with Crippen LogP contribution in [-0.4, -0.2) is 26.2 Å². The van der Waals surface area contributed by atoms with Crippen molar-refractivity contribution in [1.29, 1.82) is 0 Å². The molecular weight excluding hydrogens is 228 g/mol. The minimum Gasteiger partial charge on any atom is -0.477 e. The molecule has 0 radical (unpaired) electrons. The number of rotatable bonds is 4. The highest BCUT2D eigenvalue weighted by Gasteiger charge is 2.12. The van der Waals surface area contributed by atoms with Gasteiger partial charge in [0.25, 0.3) is 5.78 Å². The largest absolute Gasteiger partial charge is 0.477 e. The molecule has 5 nitrogen and oxygen atoms in total. The van der Waals surface area contributed by atoms with E-state index < -0.39 is 0 Å². The molecule has 2 aromatic heterocycles. The van der Waals surface area contributed by atoms with Crippen LogP contribution in [0.5, 0.6) is 5.88 Å². The first-order valence-electron chi connectivity index (χ1n) is 4.83. The third-order valence-corrected chi connectivity index (χ3v) is 2.48. The van der Waals surface area contributed by atoms with Gasteiger partial charge in [-0.25, -0.2) is 0 Å². The zero-order valence-electron chi connectivity index (χ0n) is 8.85. The van der Waals surface area contributed by atoms with Gasteiger partial charge in [0.2, 0.25) is 5.88 Å². The van der Waals surface area contributed by atoms with Crippen molar-refractivity contribution in [2.45, 2.75) is 13.3 Å². The number of nitrogens with zero attached hydrogens (tertiary/aromatic N) is 4. The number of ether oxygens (including phenoxy) is 1. The van der Waals surface area contributed by atoms with Gasteiger partial charge in [0, 0.05) is 5.56 Å². The fraction of sp³-hybridized carbons (Fsp3) is 0.300. The minimum atomic E-state index is 0.383. The highest BCUT2D eigenvalue weighted by atomic mass is 35.5. The van der Waals surface area contributed by atoms with E-state index in [4.69, 9.17) is 16.3 Å². The molecule has 0 aliphatic heterocycles. The molecule has 0 bridgehead atoms. The van der Waals surface area contributed by atoms with Crippen molar-refractivity contribution in [3.63, 3.8) is 0 Å². The molecule has 0 spiro atoms. The molecule has 0 aliphatic carbocycles. The lowest BCUT2D eigenvalue weighted by molar-refractivity contribution is 0.301. The first kappa shape index (κ1) is 10.9. The van der Waals surface area contributed by atoms with Gasteiger partial charge in [0.05, 0.1) is 6.61 Å². The molecule has 2 aromatic rings. The summed E-state index contributed by atoms with van der Waals surface area (Å²) in [6.07, 6.45) is 3.96. The number of hydrogen-bond acceptors (Lipinski definition) is 4. The van der Waals surface area contributed by atoms with Gasteiger partial charge in [-0.3, -0.25) is 0 Å². The highest BCUT2D eigenvalue weighted by Crippen LogP contribution is 2.24. The van der Waals surface area contributed by atoms with Gasteiger partial charge >= 0.3 is 0 Å². The van der Waals surface area contributed by atoms with Gasteiger partial charge in [-0.05, 0) is 13.3 Å². The van der Waals surface area contributed by atoms with E-state index in [9.17, 15) is 0 Å². The standard InChI is InChI=1S/C10H11ClN4O/c1-3-4-5-16-9-7(2)8(11)14-10-12-6-13-15(9)10/h3,6H,1,4-5H2,2H3. The highest BCUT2D eigenvalue weighted by molar-refractivity contribution is 6.30. The van der Waals surface area contributed by atoms with Crippen molar-refractivity contribution >= 4 is 17.4 Å². The van der Waals surface area contributed by atoms with Crippen molar-refractivity contribution in [1.82, 2.24) is 19.6 Å². The van der Waals surface area contributed by atoms with Gasteiger partial charge < -0.3 is 4.74 Å². The topological polar surface area (TPSA) is 52.3 Å². The molecule has 0 amide bonds. The molecule has 0 N–H and O–H groups in total. The van der Waals surface area contributed by atoms with Gasteiger partial charge in [0.1, 0.15) is 11.5 Å². The molecule has 0 unspecified atom stereocenters. The fourth-order valence-corrected chi connectivity index (χ4v) is 1.44. The predicted octanol–water partition coefficient (Wildman–Crippen LogP) is 2.04. The molecule has 84 valence electrons. The number of aromatic nitrogens is 4. The number of halogens is 1. The van der Waals surface area contributed by atoms with Crippen LogP contribution in [0.15, 0.2) is 19.0 Å². The molecule has 0 fully saturated rings. The second-order valence-corrected chi connectivity index (χ2v) is 3.59. The molecule has 16 heavy (non-hydrogen) atoms. The van der Waals surface area contributed by atoms with Crippen molar-refractivity contribution in [3.05, 3.63) is 29.7 Å². The lowest BCUT2D eigenvalue weighted by Gasteiger charge is -2.09. The van der Waals surface area contributed by atoms with E-state index in [1.807, 2.05) is 6.92 Å². The molecule has 2 heterocycles. The third kappa shape index (κ3) is 1.86. The molecule has 2 rings (SSSR count). The quantitative estimate of drug-likeness (QED) is 0.465. The monoisotopic (exact) mass is 238 g/mol. The lowest BCUT2D eigenvalue weighted by Crippen LogP contribution is -2.06. The van der Waals surface area contributed by atoms with Crippen LogP contribution in [0.1, 0.15) is 12.0 Å². The SMILES string of the molecule is C=CCCOc1c(C)c(Cl)nc2ncnn12. The maximum absolute atomic E-state index is 5.97. The van der Waals surface area contributed by atoms with Crippen LogP contribution >= 0.6 is 11.6 Å². The average molecular weight is 239 g/mol. The summed E-state index contributed by atoms with van der Waals surface area (Å²) in [5.41, 5.74) is 0.753. The van der Waals surface area contributed by atoms with Gasteiger partial charge in [0.15, 0.2) is 0 Å². The van der Waals surface area contributed by atoms with E-state index in [0.717, 1.165) is 12.0 Å². The van der Waals surface area contributed by atoms with E-state index in [1.165, 1.54) is 10.8 Å². The van der Waals surface area contributed by atoms with Crippen LogP contribution in [-0.2, 0) is 0 Å². The van der Waals surface area contributed by atoms with Crippen LogP contribution in [0, 0.1) is 6.92 Å². The summed E-state index contributed by atoms with van der Waals surface area (Å²) in [5.74, 6) is 1.01. The maximum Gasteiger partial charge on any atom is 0.256 e. The normalized spacial score (nSPS) is 10.6. The third-order valence-electron chi connectivity index (χ3n) is 2.11. The Morgan fingerprint density at radius 1 is 1.62 bits per heavy atom. The number of fused-ring (bicyclic) bond motifs is 1. The predicted molar refractivity (Wildman–Crippen MR) is 60.8 cm³/mol. The van der Waals surface area contributed by atoms with Crippen molar-refractivity contribution in [3.8, 4) is 5.88 Å². The van der Waals surface area contributed by atoms with E-state index in [-0.39, 0.29) is 0 Å². The van der Waals surface area contributed by atoms with Crippen LogP contribution in [0.25, 0.3) is 5.78 Å². The first-order valence-corrected chi connectivity index (χ1v) is 5.21. The lowest BCUT2D eigenvalue weighted by atomic mass is 10.3. The molecule has 0 aromatic carbocycles. The Morgan fingerprint density at radius 2 is 2.44 bits per heavy atom. The summed E-state index contributed by atoms with van der Waals surface area (Å²) in [4.78, 5) is 8.04. The molecular formula is C10H11ClN4O. The Kier molecular flexibility index (Phi) is 3.05. The van der Waals surface area contributed by atoms with Crippen LogP contribution in [0.4, 0.5) is 0 Å². The Bertz CT molecular complexity index is 523. The first-order chi connectivity index (χ1) is 7.74. The Labute approximate surface area is 97.7 Å². The second kappa shape index (κ2) is 4.49. The van der Waals surface area contributed by atoms with Crippen molar-refractivity contribution in [2.75, 3.05) is 6.61 Å². The van der Waals surface area contributed by atoms with Gasteiger partial charge in [-0.15, -0.1) is 6.58 Å². The summed E-state index contributed by atoms with van der Waals surface area (Å²) in [6.45, 7) is 5.99. The Morgan fingerprint density at radius 3 is 3.19 bits per heavy atom. The van der Waals surface area contributed by atoms with E-state index in [2.05, 4.69) is 21.6 Å². The number of hydrogen-bond donors (Lipinski definition) is 0. The molecule has 6 heteroatoms. The van der Waals surface area contributed by atoms with Gasteiger partial charge in [-0.2, -0.15) is 19.6 Å². The van der Waals surface area contributed by atoms with E-state index in [1.54, 1.807) is 6.08 Å². The van der Waals surface area contributed by atoms with Gasteiger partial charge in [-0.1, -0.05) is 17.7 Å². The molecule has 0 atom stereocenters. The van der Waals surface area contributed by atoms with Crippen LogP contribution < -0.4 is 4.74 Å². The van der Waals surface area contributed by atoms with Crippen LogP contribution in [0.2, 0.25) is 5.15 Å². The minimum absolute atomic E-state index is 0.383. The Balaban J connectivity index is 2.43. The van der Waals surface area contributed by atoms with Crippen molar-refractivity contribution < 1.29 is 4.74 Å². The molecule has 0 saturated carbocycles. The van der Waals surface area contributed by atoms with E-state index in [0.29, 0.717) is 23.4 Å². The summed E-state index contributed by atoms with van der Waals surface area (Å²) in [5, 5.41) is 4.42. The summed E-state index contributed by atoms with van der Waals surface area (Å²) >= 11 is 5.97. The average Bonchev–Trinajstić information content (AvgIpc) is 2.71. The summed E-state index contributed by atoms with van der Waals surface area (Å²) in [7, 11) is 0. The second-order valence-electron chi connectivity index (χ2n) is 3.23. The molecule has 0 saturated heterocycles. The van der Waals surface area contributed by atoms with Crippen LogP contribution in [0.3, 0.4) is 0 Å². The smallest absolute Gasteiger partial charge is 0.256 e. The molecule has 0 aliphatic rings. The van der Waals surface area contributed by atoms with E-state index >= 15 is 0 Å². The summed E-state index contributed by atoms with van der Waals surface area (Å²) < 4.78 is 7.13. The summed E-state index contributed by atoms with van der Waals surface area (Å²) in [6, 6.07) is 0. The fourth-order valence-electron chi connectivity index (χ4n) is 1.28. The zero-order chi connectivity index (χ0) is 11.5. The zero-order valence-corrected chi connectivity index (χ0v) is 9.61. The maximum atomic E-state index is 5.97. The van der Waals surface area contributed by atoms with Crippen molar-refractivity contribution in [2.24, 2.45) is 0 Å². The Hall–Kier alpha value is -1.62.